The predicted octanol–water partition coefficient (Wildman–Crippen LogP) is 16.8. The standard InChI is InChI=1S/C67H121NO8/c1-3-5-7-9-11-13-15-17-19-21-23-25-26-27-28-29-30-31-32-33-34-35-36-37-39-41-43-45-47-49-51-53-55-57-63(71)68-60(59-75-67-66(74)65(73)64(72)62(58-69)76-67)61(70)56-54-52-50-48-46-44-42-40-38-24-22-20-18-16-14-12-10-8-6-4-2/h5,7,11,13,17,19,23,25,46,48,54,56,60-62,64-67,69-70,72-74H,3-4,6,8-10,12,14-16,18,20-22,24,26-45,47,49-53,55,57-59H2,1-2H3,(H,68,71)/b7-5-,13-11-,19-17-,25-23-,48-46+,56-54+. The second-order valence-electron chi connectivity index (χ2n) is 22.2. The molecule has 1 fully saturated rings. The summed E-state index contributed by atoms with van der Waals surface area (Å²) in [6.45, 7) is 3.68. The van der Waals surface area contributed by atoms with Crippen molar-refractivity contribution in [1.82, 2.24) is 5.32 Å². The molecule has 6 N–H and O–H groups in total. The van der Waals surface area contributed by atoms with Gasteiger partial charge in [-0.3, -0.25) is 4.79 Å². The summed E-state index contributed by atoms with van der Waals surface area (Å²) >= 11 is 0. The molecule has 7 unspecified atom stereocenters. The number of ether oxygens (including phenoxy) is 2. The number of unbranched alkanes of at least 4 members (excludes halogenated alkanes) is 35. The molecular weight excluding hydrogens is 947 g/mol. The fraction of sp³-hybridized carbons (Fsp3) is 0.806. The number of hydrogen-bond acceptors (Lipinski definition) is 8. The van der Waals surface area contributed by atoms with E-state index in [0.717, 1.165) is 64.2 Å². The van der Waals surface area contributed by atoms with Crippen molar-refractivity contribution in [1.29, 1.82) is 0 Å². The predicted molar refractivity (Wildman–Crippen MR) is 322 cm³/mol. The Hall–Kier alpha value is -2.37. The van der Waals surface area contributed by atoms with Crippen LogP contribution in [0.4, 0.5) is 0 Å². The van der Waals surface area contributed by atoms with Gasteiger partial charge in [0.05, 0.1) is 25.4 Å². The number of nitrogens with one attached hydrogen (secondary N) is 1. The third kappa shape index (κ3) is 44.5. The van der Waals surface area contributed by atoms with Crippen LogP contribution in [0.15, 0.2) is 72.9 Å². The van der Waals surface area contributed by atoms with E-state index in [1.165, 1.54) is 205 Å². The number of amides is 1. The molecule has 1 amide bonds. The highest BCUT2D eigenvalue weighted by atomic mass is 16.7. The third-order valence-corrected chi connectivity index (χ3v) is 15.0. The molecule has 0 bridgehead atoms. The number of carbonyl (C=O) groups is 1. The summed E-state index contributed by atoms with van der Waals surface area (Å²) in [7, 11) is 0. The molecule has 0 aromatic carbocycles. The molecule has 0 saturated carbocycles. The number of aliphatic hydroxyl groups excluding tert-OH is 5. The Kier molecular flexibility index (Phi) is 52.7. The average Bonchev–Trinajstić information content (AvgIpc) is 3.42. The summed E-state index contributed by atoms with van der Waals surface area (Å²) in [5, 5.41) is 54.6. The molecule has 76 heavy (non-hydrogen) atoms. The molecule has 0 aromatic heterocycles. The van der Waals surface area contributed by atoms with Gasteiger partial charge in [-0.2, -0.15) is 0 Å². The lowest BCUT2D eigenvalue weighted by Crippen LogP contribution is -2.60. The second kappa shape index (κ2) is 55.9. The van der Waals surface area contributed by atoms with Gasteiger partial charge in [-0.15, -0.1) is 0 Å². The maximum atomic E-state index is 13.1. The lowest BCUT2D eigenvalue weighted by atomic mass is 9.99. The van der Waals surface area contributed by atoms with Crippen molar-refractivity contribution in [2.45, 2.75) is 333 Å². The molecule has 1 heterocycles. The number of hydrogen-bond donors (Lipinski definition) is 6. The van der Waals surface area contributed by atoms with Crippen LogP contribution in [0, 0.1) is 0 Å². The Balaban J connectivity index is 2.15. The lowest BCUT2D eigenvalue weighted by molar-refractivity contribution is -0.302. The molecule has 0 spiro atoms. The first-order chi connectivity index (χ1) is 37.3. The minimum Gasteiger partial charge on any atom is -0.394 e. The van der Waals surface area contributed by atoms with Crippen molar-refractivity contribution >= 4 is 5.91 Å². The van der Waals surface area contributed by atoms with Crippen LogP contribution in [0.3, 0.4) is 0 Å². The maximum absolute atomic E-state index is 13.1. The van der Waals surface area contributed by atoms with Gasteiger partial charge in [-0.1, -0.05) is 286 Å². The van der Waals surface area contributed by atoms with Gasteiger partial charge in [0.25, 0.3) is 0 Å². The summed E-state index contributed by atoms with van der Waals surface area (Å²) in [5.74, 6) is -0.184. The molecule has 9 heteroatoms. The molecule has 1 aliphatic rings. The van der Waals surface area contributed by atoms with Gasteiger partial charge in [0.15, 0.2) is 6.29 Å². The number of allylic oxidation sites excluding steroid dienone is 11. The van der Waals surface area contributed by atoms with Crippen LogP contribution in [-0.4, -0.2) is 87.5 Å². The van der Waals surface area contributed by atoms with E-state index in [2.05, 4.69) is 79.9 Å². The van der Waals surface area contributed by atoms with Crippen molar-refractivity contribution in [2.24, 2.45) is 0 Å². The average molecular weight is 1070 g/mol. The van der Waals surface area contributed by atoms with Gasteiger partial charge in [-0.25, -0.2) is 0 Å². The second-order valence-corrected chi connectivity index (χ2v) is 22.2. The van der Waals surface area contributed by atoms with Crippen LogP contribution >= 0.6 is 0 Å². The zero-order valence-corrected chi connectivity index (χ0v) is 49.3. The van der Waals surface area contributed by atoms with Crippen LogP contribution in [-0.2, 0) is 14.3 Å². The zero-order chi connectivity index (χ0) is 55.0. The van der Waals surface area contributed by atoms with Crippen LogP contribution < -0.4 is 5.32 Å². The highest BCUT2D eigenvalue weighted by molar-refractivity contribution is 5.76. The van der Waals surface area contributed by atoms with Gasteiger partial charge >= 0.3 is 0 Å². The Labute approximate surface area is 468 Å². The van der Waals surface area contributed by atoms with Crippen LogP contribution in [0.1, 0.15) is 290 Å². The van der Waals surface area contributed by atoms with E-state index in [-0.39, 0.29) is 12.5 Å². The molecule has 1 rings (SSSR count). The Morgan fingerprint density at radius 1 is 0.461 bits per heavy atom. The van der Waals surface area contributed by atoms with E-state index < -0.39 is 49.5 Å². The SMILES string of the molecule is CC/C=C\C/C=C\C/C=C\C/C=C\CCCCCCCCCCCCCCCCCCCCCCC(=O)NC(COC1OC(CO)C(O)C(O)C1O)C(O)/C=C/CC/C=C/CCCCCCCCCCCCCCCC. The molecule has 1 aliphatic heterocycles. The largest absolute Gasteiger partial charge is 0.394 e. The molecule has 0 aromatic rings. The van der Waals surface area contributed by atoms with Crippen LogP contribution in [0.5, 0.6) is 0 Å². The Morgan fingerprint density at radius 3 is 1.26 bits per heavy atom. The first kappa shape index (κ1) is 71.6. The molecule has 0 aliphatic carbocycles. The van der Waals surface area contributed by atoms with Crippen LogP contribution in [0.25, 0.3) is 0 Å². The summed E-state index contributed by atoms with van der Waals surface area (Å²) in [5.41, 5.74) is 0. The number of aliphatic hydroxyl groups is 5. The molecule has 1 saturated heterocycles. The van der Waals surface area contributed by atoms with Gasteiger partial charge < -0.3 is 40.3 Å². The monoisotopic (exact) mass is 1070 g/mol. The Bertz CT molecular complexity index is 1420. The van der Waals surface area contributed by atoms with E-state index in [1.54, 1.807) is 6.08 Å². The summed E-state index contributed by atoms with van der Waals surface area (Å²) in [6.07, 6.45) is 71.4. The molecule has 9 nitrogen and oxygen atoms in total. The fourth-order valence-electron chi connectivity index (χ4n) is 9.99. The van der Waals surface area contributed by atoms with Crippen molar-refractivity contribution in [3.05, 3.63) is 72.9 Å². The summed E-state index contributed by atoms with van der Waals surface area (Å²) in [6, 6.07) is -0.824. The van der Waals surface area contributed by atoms with E-state index in [0.29, 0.717) is 6.42 Å². The minimum atomic E-state index is -1.57. The third-order valence-electron chi connectivity index (χ3n) is 15.0. The molecule has 442 valence electrons. The highest BCUT2D eigenvalue weighted by Crippen LogP contribution is 2.23. The van der Waals surface area contributed by atoms with Crippen molar-refractivity contribution in [2.75, 3.05) is 13.2 Å². The number of rotatable bonds is 55. The van der Waals surface area contributed by atoms with Crippen LogP contribution in [0.2, 0.25) is 0 Å². The van der Waals surface area contributed by atoms with Crippen molar-refractivity contribution in [3.63, 3.8) is 0 Å². The first-order valence-electron chi connectivity index (χ1n) is 32.2. The fourth-order valence-corrected chi connectivity index (χ4v) is 9.99. The Morgan fingerprint density at radius 2 is 0.829 bits per heavy atom. The quantitative estimate of drug-likeness (QED) is 0.0261. The number of carbonyl (C=O) groups excluding carboxylic acids is 1. The lowest BCUT2D eigenvalue weighted by Gasteiger charge is -2.40. The van der Waals surface area contributed by atoms with E-state index >= 15 is 0 Å². The van der Waals surface area contributed by atoms with Gasteiger partial charge in [0, 0.05) is 6.42 Å². The van der Waals surface area contributed by atoms with Gasteiger partial charge in [0.1, 0.15) is 24.4 Å². The van der Waals surface area contributed by atoms with Crippen molar-refractivity contribution in [3.8, 4) is 0 Å². The van der Waals surface area contributed by atoms with E-state index in [1.807, 2.05) is 6.08 Å². The van der Waals surface area contributed by atoms with E-state index in [4.69, 9.17) is 9.47 Å². The normalized spacial score (nSPS) is 19.3. The molecular formula is C67H121NO8. The molecule has 0 radical (unpaired) electrons. The van der Waals surface area contributed by atoms with Gasteiger partial charge in [0.2, 0.25) is 5.91 Å². The minimum absolute atomic E-state index is 0.184. The molecule has 7 atom stereocenters. The summed E-state index contributed by atoms with van der Waals surface area (Å²) in [4.78, 5) is 13.1. The maximum Gasteiger partial charge on any atom is 0.220 e. The summed E-state index contributed by atoms with van der Waals surface area (Å²) < 4.78 is 11.3. The van der Waals surface area contributed by atoms with Gasteiger partial charge in [-0.05, 0) is 70.6 Å². The highest BCUT2D eigenvalue weighted by Gasteiger charge is 2.44. The topological polar surface area (TPSA) is 149 Å². The smallest absolute Gasteiger partial charge is 0.220 e. The zero-order valence-electron chi connectivity index (χ0n) is 49.3. The van der Waals surface area contributed by atoms with E-state index in [9.17, 15) is 30.3 Å². The van der Waals surface area contributed by atoms with Crippen molar-refractivity contribution < 1.29 is 39.8 Å². The first-order valence-corrected chi connectivity index (χ1v) is 32.2.